The van der Waals surface area contributed by atoms with Crippen LogP contribution in [0.2, 0.25) is 0 Å². The Bertz CT molecular complexity index is 923. The maximum absolute atomic E-state index is 11.3. The van der Waals surface area contributed by atoms with Crippen LogP contribution in [0.1, 0.15) is 69.2 Å². The number of rotatable bonds is 4. The molecule has 4 nitrogen and oxygen atoms in total. The van der Waals surface area contributed by atoms with Crippen molar-refractivity contribution in [2.75, 3.05) is 13.1 Å². The third-order valence-electron chi connectivity index (χ3n) is 7.14. The van der Waals surface area contributed by atoms with Gasteiger partial charge < -0.3 is 9.67 Å². The Balaban J connectivity index is 1.79. The zero-order valence-corrected chi connectivity index (χ0v) is 15.6. The summed E-state index contributed by atoms with van der Waals surface area (Å²) in [5, 5.41) is 12.1. The van der Waals surface area contributed by atoms with Crippen LogP contribution in [0, 0.1) is 5.41 Å². The van der Waals surface area contributed by atoms with Crippen LogP contribution in [0.25, 0.3) is 17.8 Å². The van der Waals surface area contributed by atoms with Gasteiger partial charge >= 0.3 is 5.97 Å². The second kappa shape index (κ2) is 5.85. The van der Waals surface area contributed by atoms with Gasteiger partial charge in [0.25, 0.3) is 0 Å². The monoisotopic (exact) mass is 352 g/mol. The van der Waals surface area contributed by atoms with Crippen LogP contribution in [0.4, 0.5) is 0 Å². The molecule has 0 saturated carbocycles. The van der Waals surface area contributed by atoms with Crippen molar-refractivity contribution >= 4 is 23.8 Å². The fourth-order valence-electron chi connectivity index (χ4n) is 6.03. The normalized spacial score (nSPS) is 29.1. The third kappa shape index (κ3) is 2.14. The summed E-state index contributed by atoms with van der Waals surface area (Å²) in [5.74, 6) is -0.700. The van der Waals surface area contributed by atoms with Crippen molar-refractivity contribution in [3.63, 3.8) is 0 Å². The maximum Gasteiger partial charge on any atom is 0.303 e. The molecule has 1 N–H and O–H groups in total. The Hall–Kier alpha value is -1.81. The number of carbonyl (C=O) groups is 1. The van der Waals surface area contributed by atoms with Crippen molar-refractivity contribution in [3.05, 3.63) is 27.9 Å². The number of nitrogens with zero attached hydrogens (tertiary/aromatic N) is 2. The van der Waals surface area contributed by atoms with Gasteiger partial charge in [0.2, 0.25) is 0 Å². The molecule has 26 heavy (non-hydrogen) atoms. The number of aliphatic carboxylic acids is 1. The standard InChI is InChI=1S/C22H28N2O2/c1-2-22-11-5-12-23-13-10-17-16-6-3-4-7-18(16)24(20(17)21(22)23)15(14-22)8-9-19(25)26/h6-7,14,21H,2-5,8-13H2,1H3,(H,25,26)/t21?,22-/m0/s1. The van der Waals surface area contributed by atoms with E-state index in [-0.39, 0.29) is 11.8 Å². The summed E-state index contributed by atoms with van der Waals surface area (Å²) in [4.78, 5) is 14.0. The second-order valence-corrected chi connectivity index (χ2v) is 8.39. The van der Waals surface area contributed by atoms with Crippen molar-refractivity contribution in [2.24, 2.45) is 5.41 Å². The Morgan fingerprint density at radius 1 is 1.31 bits per heavy atom. The lowest BCUT2D eigenvalue weighted by Crippen LogP contribution is -2.51. The topological polar surface area (TPSA) is 45.5 Å². The molecule has 2 atom stereocenters. The van der Waals surface area contributed by atoms with Crippen molar-refractivity contribution < 1.29 is 9.90 Å². The molecule has 4 heterocycles. The molecule has 3 aliphatic heterocycles. The molecule has 1 saturated heterocycles. The summed E-state index contributed by atoms with van der Waals surface area (Å²) < 4.78 is 2.47. The molecular formula is C22H28N2O2. The Morgan fingerprint density at radius 2 is 2.15 bits per heavy atom. The SMILES string of the molecule is CC[C@@]12C=C(CCC(=O)O)n3c4c(c5c3=CCCC=5)CCN(CCC1)C42. The van der Waals surface area contributed by atoms with E-state index in [0.29, 0.717) is 12.5 Å². The molecule has 0 bridgehead atoms. The van der Waals surface area contributed by atoms with Gasteiger partial charge in [-0.15, -0.1) is 0 Å². The van der Waals surface area contributed by atoms with E-state index in [4.69, 9.17) is 0 Å². The van der Waals surface area contributed by atoms with Gasteiger partial charge in [0, 0.05) is 28.7 Å². The molecule has 0 amide bonds. The molecule has 138 valence electrons. The summed E-state index contributed by atoms with van der Waals surface area (Å²) in [6.45, 7) is 4.69. The fourth-order valence-corrected chi connectivity index (χ4v) is 6.03. The third-order valence-corrected chi connectivity index (χ3v) is 7.14. The summed E-state index contributed by atoms with van der Waals surface area (Å²) >= 11 is 0. The minimum atomic E-state index is -0.700. The van der Waals surface area contributed by atoms with Crippen LogP contribution in [0.5, 0.6) is 0 Å². The fraction of sp³-hybridized carbons (Fsp3) is 0.591. The largest absolute Gasteiger partial charge is 0.481 e. The van der Waals surface area contributed by atoms with E-state index in [1.807, 2.05) is 0 Å². The van der Waals surface area contributed by atoms with Crippen LogP contribution < -0.4 is 10.6 Å². The average molecular weight is 352 g/mol. The molecule has 1 aromatic heterocycles. The van der Waals surface area contributed by atoms with E-state index in [2.05, 4.69) is 34.6 Å². The Labute approximate surface area is 154 Å². The molecule has 0 spiro atoms. The van der Waals surface area contributed by atoms with E-state index in [1.165, 1.54) is 47.9 Å². The summed E-state index contributed by atoms with van der Waals surface area (Å²) in [7, 11) is 0. The zero-order valence-electron chi connectivity index (χ0n) is 15.6. The van der Waals surface area contributed by atoms with Crippen molar-refractivity contribution in [2.45, 2.75) is 64.3 Å². The molecule has 4 aliphatic rings. The molecule has 0 aromatic carbocycles. The van der Waals surface area contributed by atoms with Gasteiger partial charge in [-0.2, -0.15) is 0 Å². The highest BCUT2D eigenvalue weighted by molar-refractivity contribution is 5.70. The predicted octanol–water partition coefficient (Wildman–Crippen LogP) is 2.65. The number of hydrogen-bond donors (Lipinski definition) is 1. The number of allylic oxidation sites excluding steroid dienone is 1. The average Bonchev–Trinajstić information content (AvgIpc) is 3.00. The van der Waals surface area contributed by atoms with Crippen LogP contribution in [-0.4, -0.2) is 33.6 Å². The highest BCUT2D eigenvalue weighted by atomic mass is 16.4. The Morgan fingerprint density at radius 3 is 2.96 bits per heavy atom. The van der Waals surface area contributed by atoms with E-state index >= 15 is 0 Å². The lowest BCUT2D eigenvalue weighted by atomic mass is 9.66. The maximum atomic E-state index is 11.3. The van der Waals surface area contributed by atoms with E-state index in [9.17, 15) is 9.90 Å². The molecule has 0 radical (unpaired) electrons. The van der Waals surface area contributed by atoms with Crippen LogP contribution >= 0.6 is 0 Å². The highest BCUT2D eigenvalue weighted by Gasteiger charge is 2.49. The van der Waals surface area contributed by atoms with Gasteiger partial charge in [-0.25, -0.2) is 0 Å². The molecule has 4 heteroatoms. The number of carboxylic acid groups (broad SMARTS) is 1. The first kappa shape index (κ1) is 16.4. The predicted molar refractivity (Wildman–Crippen MR) is 103 cm³/mol. The first-order chi connectivity index (χ1) is 12.6. The summed E-state index contributed by atoms with van der Waals surface area (Å²) in [6.07, 6.45) is 15.1. The molecule has 1 unspecified atom stereocenters. The van der Waals surface area contributed by atoms with Crippen LogP contribution in [0.3, 0.4) is 0 Å². The van der Waals surface area contributed by atoms with Gasteiger partial charge in [-0.1, -0.05) is 25.2 Å². The number of carboxylic acids is 1. The second-order valence-electron chi connectivity index (χ2n) is 8.39. The van der Waals surface area contributed by atoms with E-state index in [0.717, 1.165) is 25.7 Å². The van der Waals surface area contributed by atoms with Crippen LogP contribution in [-0.2, 0) is 11.2 Å². The highest BCUT2D eigenvalue weighted by Crippen LogP contribution is 2.54. The first-order valence-corrected chi connectivity index (χ1v) is 10.3. The molecule has 1 fully saturated rings. The minimum absolute atomic E-state index is 0.179. The van der Waals surface area contributed by atoms with Gasteiger partial charge in [0.05, 0.1) is 12.5 Å². The number of aromatic nitrogens is 1. The summed E-state index contributed by atoms with van der Waals surface area (Å²) in [6, 6.07) is 0.478. The lowest BCUT2D eigenvalue weighted by molar-refractivity contribution is -0.136. The van der Waals surface area contributed by atoms with Gasteiger partial charge in [0.1, 0.15) is 0 Å². The molecule has 5 rings (SSSR count). The quantitative estimate of drug-likeness (QED) is 0.906. The van der Waals surface area contributed by atoms with Gasteiger partial charge in [-0.05, 0) is 62.3 Å². The van der Waals surface area contributed by atoms with Crippen molar-refractivity contribution in [3.8, 4) is 0 Å². The van der Waals surface area contributed by atoms with Crippen LogP contribution in [0.15, 0.2) is 6.08 Å². The Kier molecular flexibility index (Phi) is 3.68. The molecular weight excluding hydrogens is 324 g/mol. The zero-order chi connectivity index (χ0) is 17.9. The van der Waals surface area contributed by atoms with Crippen molar-refractivity contribution in [1.82, 2.24) is 9.47 Å². The van der Waals surface area contributed by atoms with E-state index < -0.39 is 5.97 Å². The number of fused-ring (bicyclic) bond motifs is 3. The smallest absolute Gasteiger partial charge is 0.303 e. The van der Waals surface area contributed by atoms with Crippen molar-refractivity contribution in [1.29, 1.82) is 0 Å². The molecule has 1 aromatic rings. The van der Waals surface area contributed by atoms with E-state index in [1.54, 1.807) is 5.56 Å². The summed E-state index contributed by atoms with van der Waals surface area (Å²) in [5.41, 5.74) is 4.47. The van der Waals surface area contributed by atoms with Gasteiger partial charge in [0.15, 0.2) is 0 Å². The first-order valence-electron chi connectivity index (χ1n) is 10.3. The lowest BCUT2D eigenvalue weighted by Gasteiger charge is -2.53. The number of hydrogen-bond acceptors (Lipinski definition) is 2. The van der Waals surface area contributed by atoms with Gasteiger partial charge in [-0.3, -0.25) is 9.69 Å². The number of piperidine rings is 1. The minimum Gasteiger partial charge on any atom is -0.481 e. The molecule has 1 aliphatic carbocycles.